The molecule has 0 fully saturated rings. The number of phosphoric acid groups is 1. The van der Waals surface area contributed by atoms with Crippen molar-refractivity contribution in [2.75, 3.05) is 5.73 Å². The first-order valence-corrected chi connectivity index (χ1v) is 10.1. The smallest absolute Gasteiger partial charge is 0.402 e. The molecule has 144 valence electrons. The van der Waals surface area contributed by atoms with E-state index in [1.165, 1.54) is 10.8 Å². The van der Waals surface area contributed by atoms with Gasteiger partial charge in [-0.3, -0.25) is 9.32 Å². The molecule has 4 N–H and O–H groups in total. The summed E-state index contributed by atoms with van der Waals surface area (Å²) in [6, 6.07) is 6.82. The zero-order valence-electron chi connectivity index (χ0n) is 13.9. The molecular weight excluding hydrogens is 409 g/mol. The van der Waals surface area contributed by atoms with Crippen LogP contribution in [0.25, 0.3) is 22.5 Å². The van der Waals surface area contributed by atoms with Gasteiger partial charge in [-0.2, -0.15) is 0 Å². The van der Waals surface area contributed by atoms with Gasteiger partial charge in [0.05, 0.1) is 11.1 Å². The van der Waals surface area contributed by atoms with Crippen molar-refractivity contribution in [3.05, 3.63) is 46.4 Å². The highest BCUT2D eigenvalue weighted by Crippen LogP contribution is 2.37. The lowest BCUT2D eigenvalue weighted by Gasteiger charge is -2.07. The van der Waals surface area contributed by atoms with Crippen molar-refractivity contribution in [3.63, 3.8) is 0 Å². The SMILES string of the molecule is Nc1nnc(-c2csc(C(=O)c3cn(COP(=O)(O)O)c4ccccc34)n2)o1. The predicted octanol–water partition coefficient (Wildman–Crippen LogP) is 2.03. The van der Waals surface area contributed by atoms with Gasteiger partial charge in [0, 0.05) is 17.0 Å². The molecule has 0 saturated heterocycles. The summed E-state index contributed by atoms with van der Waals surface area (Å²) in [7, 11) is -4.66. The van der Waals surface area contributed by atoms with Crippen molar-refractivity contribution < 1.29 is 28.1 Å². The van der Waals surface area contributed by atoms with Crippen molar-refractivity contribution in [1.29, 1.82) is 0 Å². The number of nitrogens with zero attached hydrogens (tertiary/aromatic N) is 4. The molecule has 0 aliphatic rings. The quantitative estimate of drug-likeness (QED) is 0.309. The minimum atomic E-state index is -4.66. The summed E-state index contributed by atoms with van der Waals surface area (Å²) >= 11 is 1.10. The second-order valence-corrected chi connectivity index (χ2v) is 7.69. The first-order chi connectivity index (χ1) is 13.3. The molecule has 0 aliphatic heterocycles. The van der Waals surface area contributed by atoms with Crippen molar-refractivity contribution in [2.24, 2.45) is 0 Å². The van der Waals surface area contributed by atoms with Crippen LogP contribution in [0.2, 0.25) is 0 Å². The highest BCUT2D eigenvalue weighted by Gasteiger charge is 2.22. The molecule has 4 aromatic rings. The number of carbonyl (C=O) groups is 1. The Morgan fingerprint density at radius 3 is 2.82 bits per heavy atom. The van der Waals surface area contributed by atoms with Gasteiger partial charge in [-0.05, 0) is 6.07 Å². The highest BCUT2D eigenvalue weighted by atomic mass is 32.1. The fourth-order valence-electron chi connectivity index (χ4n) is 2.60. The Kier molecular flexibility index (Phi) is 4.57. The van der Waals surface area contributed by atoms with E-state index in [1.807, 2.05) is 0 Å². The van der Waals surface area contributed by atoms with Crippen molar-refractivity contribution in [3.8, 4) is 11.6 Å². The Bertz CT molecular complexity index is 1220. The summed E-state index contributed by atoms with van der Waals surface area (Å²) in [4.78, 5) is 35.1. The number of aromatic nitrogens is 4. The molecule has 0 bridgehead atoms. The van der Waals surface area contributed by atoms with Crippen LogP contribution in [-0.2, 0) is 15.8 Å². The number of nitrogen functional groups attached to an aromatic ring is 1. The lowest BCUT2D eigenvalue weighted by Crippen LogP contribution is -2.02. The molecule has 3 heterocycles. The molecule has 0 radical (unpaired) electrons. The van der Waals surface area contributed by atoms with Crippen molar-refractivity contribution in [1.82, 2.24) is 19.7 Å². The van der Waals surface area contributed by atoms with Crippen LogP contribution in [0.1, 0.15) is 15.4 Å². The average molecular weight is 421 g/mol. The predicted molar refractivity (Wildman–Crippen MR) is 98.3 cm³/mol. The number of para-hydroxylation sites is 1. The fraction of sp³-hybridized carbons (Fsp3) is 0.0667. The van der Waals surface area contributed by atoms with Crippen LogP contribution in [0.3, 0.4) is 0 Å². The van der Waals surface area contributed by atoms with Gasteiger partial charge in [0.1, 0.15) is 12.4 Å². The molecule has 0 amide bonds. The first-order valence-electron chi connectivity index (χ1n) is 7.69. The van der Waals surface area contributed by atoms with Crippen LogP contribution in [0, 0.1) is 0 Å². The molecule has 4 rings (SSSR count). The zero-order valence-corrected chi connectivity index (χ0v) is 15.6. The molecule has 11 nitrogen and oxygen atoms in total. The van der Waals surface area contributed by atoms with Gasteiger partial charge < -0.3 is 24.5 Å². The van der Waals surface area contributed by atoms with Gasteiger partial charge in [-0.15, -0.1) is 16.4 Å². The number of nitrogens with two attached hydrogens (primary N) is 1. The van der Waals surface area contributed by atoms with Gasteiger partial charge in [0.25, 0.3) is 5.89 Å². The van der Waals surface area contributed by atoms with Crippen molar-refractivity contribution in [2.45, 2.75) is 6.73 Å². The number of thiazole rings is 1. The molecule has 1 aromatic carbocycles. The first kappa shape index (κ1) is 18.5. The van der Waals surface area contributed by atoms with Gasteiger partial charge in [0.15, 0.2) is 5.01 Å². The number of ketones is 1. The maximum absolute atomic E-state index is 13.0. The van der Waals surface area contributed by atoms with Crippen LogP contribution in [0.15, 0.2) is 40.3 Å². The van der Waals surface area contributed by atoms with E-state index in [0.29, 0.717) is 22.2 Å². The van der Waals surface area contributed by atoms with E-state index in [9.17, 15) is 9.36 Å². The maximum Gasteiger partial charge on any atom is 0.471 e. The second kappa shape index (κ2) is 6.93. The Balaban J connectivity index is 1.70. The number of hydrogen-bond acceptors (Lipinski definition) is 9. The standard InChI is InChI=1S/C15H12N5O6PS/c16-15-19-18-13(26-15)10-6-28-14(17-10)12(21)9-5-20(7-25-27(22,23)24)11-4-2-1-3-8(9)11/h1-6H,7H2,(H2,16,19)(H2,22,23,24). The summed E-state index contributed by atoms with van der Waals surface area (Å²) in [5.74, 6) is -0.264. The van der Waals surface area contributed by atoms with E-state index >= 15 is 0 Å². The zero-order chi connectivity index (χ0) is 19.9. The third kappa shape index (κ3) is 3.59. The lowest BCUT2D eigenvalue weighted by molar-refractivity contribution is 0.103. The van der Waals surface area contributed by atoms with E-state index < -0.39 is 14.6 Å². The highest BCUT2D eigenvalue weighted by molar-refractivity contribution is 7.46. The number of benzene rings is 1. The molecule has 3 aromatic heterocycles. The third-order valence-corrected chi connectivity index (χ3v) is 5.05. The molecule has 0 saturated carbocycles. The summed E-state index contributed by atoms with van der Waals surface area (Å²) < 4.78 is 22.1. The topological polar surface area (TPSA) is 167 Å². The lowest BCUT2D eigenvalue weighted by atomic mass is 10.1. The Labute approximate surface area is 160 Å². The monoisotopic (exact) mass is 421 g/mol. The van der Waals surface area contributed by atoms with Gasteiger partial charge >= 0.3 is 13.8 Å². The normalized spacial score (nSPS) is 11.9. The Hall–Kier alpha value is -2.89. The fourth-order valence-corrected chi connectivity index (χ4v) is 3.62. The number of anilines is 1. The largest absolute Gasteiger partial charge is 0.471 e. The average Bonchev–Trinajstić information content (AvgIpc) is 3.37. The van der Waals surface area contributed by atoms with Crippen LogP contribution >= 0.6 is 19.2 Å². The molecule has 28 heavy (non-hydrogen) atoms. The third-order valence-electron chi connectivity index (χ3n) is 3.76. The van der Waals surface area contributed by atoms with E-state index in [2.05, 4.69) is 19.7 Å². The summed E-state index contributed by atoms with van der Waals surface area (Å²) in [5.41, 5.74) is 6.62. The summed E-state index contributed by atoms with van der Waals surface area (Å²) in [6.07, 6.45) is 1.47. The molecular formula is C15H12N5O6PS. The Morgan fingerprint density at radius 1 is 1.32 bits per heavy atom. The van der Waals surface area contributed by atoms with E-state index in [-0.39, 0.29) is 22.7 Å². The second-order valence-electron chi connectivity index (χ2n) is 5.59. The Morgan fingerprint density at radius 2 is 2.11 bits per heavy atom. The van der Waals surface area contributed by atoms with E-state index in [4.69, 9.17) is 19.9 Å². The van der Waals surface area contributed by atoms with Crippen LogP contribution in [-0.4, -0.2) is 35.3 Å². The number of hydrogen-bond donors (Lipinski definition) is 3. The van der Waals surface area contributed by atoms with Gasteiger partial charge in [0.2, 0.25) is 5.78 Å². The molecule has 0 atom stereocenters. The minimum Gasteiger partial charge on any atom is -0.402 e. The van der Waals surface area contributed by atoms with E-state index in [0.717, 1.165) is 11.3 Å². The number of rotatable bonds is 6. The van der Waals surface area contributed by atoms with Crippen LogP contribution in [0.4, 0.5) is 6.01 Å². The number of carbonyl (C=O) groups excluding carboxylic acids is 1. The molecule has 0 spiro atoms. The van der Waals surface area contributed by atoms with Crippen LogP contribution < -0.4 is 5.73 Å². The molecule has 0 unspecified atom stereocenters. The van der Waals surface area contributed by atoms with Gasteiger partial charge in [-0.25, -0.2) is 9.55 Å². The summed E-state index contributed by atoms with van der Waals surface area (Å²) in [5, 5.41) is 9.66. The van der Waals surface area contributed by atoms with Crippen LogP contribution in [0.5, 0.6) is 0 Å². The van der Waals surface area contributed by atoms with E-state index in [1.54, 1.807) is 29.6 Å². The minimum absolute atomic E-state index is 0.102. The van der Waals surface area contributed by atoms with Crippen molar-refractivity contribution >= 4 is 41.9 Å². The molecule has 13 heteroatoms. The maximum atomic E-state index is 13.0. The van der Waals surface area contributed by atoms with Gasteiger partial charge in [-0.1, -0.05) is 23.3 Å². The summed E-state index contributed by atoms with van der Waals surface area (Å²) in [6.45, 7) is -0.414. The number of phosphoric ester groups is 1. The number of fused-ring (bicyclic) bond motifs is 1. The molecule has 0 aliphatic carbocycles.